The number of nitrogens with one attached hydrogen (secondary N) is 1. The SMILES string of the molecule is CCCCCNCCc1ccc(C)cc1. The fraction of sp³-hybridized carbons (Fsp3) is 0.571. The lowest BCUT2D eigenvalue weighted by molar-refractivity contribution is 0.617. The molecule has 15 heavy (non-hydrogen) atoms. The van der Waals surface area contributed by atoms with E-state index < -0.39 is 0 Å². The van der Waals surface area contributed by atoms with E-state index in [0.717, 1.165) is 13.0 Å². The van der Waals surface area contributed by atoms with Gasteiger partial charge >= 0.3 is 0 Å². The number of hydrogen-bond donors (Lipinski definition) is 1. The molecule has 0 spiro atoms. The summed E-state index contributed by atoms with van der Waals surface area (Å²) in [6.07, 6.45) is 5.11. The van der Waals surface area contributed by atoms with Gasteiger partial charge in [0.25, 0.3) is 0 Å². The Morgan fingerprint density at radius 2 is 1.73 bits per heavy atom. The van der Waals surface area contributed by atoms with Crippen LogP contribution >= 0.6 is 0 Å². The Balaban J connectivity index is 2.07. The highest BCUT2D eigenvalue weighted by molar-refractivity contribution is 5.21. The van der Waals surface area contributed by atoms with Gasteiger partial charge < -0.3 is 5.32 Å². The highest BCUT2D eigenvalue weighted by Gasteiger charge is 1.92. The first-order valence-electron chi connectivity index (χ1n) is 6.09. The molecule has 0 fully saturated rings. The van der Waals surface area contributed by atoms with E-state index in [4.69, 9.17) is 0 Å². The Labute approximate surface area is 93.9 Å². The standard InChI is InChI=1S/C14H23N/c1-3-4-5-11-15-12-10-14-8-6-13(2)7-9-14/h6-9,15H,3-5,10-12H2,1-2H3. The van der Waals surface area contributed by atoms with Crippen LogP contribution in [0.2, 0.25) is 0 Å². The topological polar surface area (TPSA) is 12.0 Å². The molecule has 0 bridgehead atoms. The van der Waals surface area contributed by atoms with Crippen LogP contribution in [0, 0.1) is 6.92 Å². The first-order chi connectivity index (χ1) is 7.33. The van der Waals surface area contributed by atoms with E-state index in [9.17, 15) is 0 Å². The second-order valence-corrected chi connectivity index (χ2v) is 4.19. The summed E-state index contributed by atoms with van der Waals surface area (Å²) in [7, 11) is 0. The Morgan fingerprint density at radius 1 is 1.00 bits per heavy atom. The second-order valence-electron chi connectivity index (χ2n) is 4.19. The maximum absolute atomic E-state index is 3.48. The van der Waals surface area contributed by atoms with Crippen molar-refractivity contribution in [2.24, 2.45) is 0 Å². The van der Waals surface area contributed by atoms with Crippen LogP contribution in [0.5, 0.6) is 0 Å². The van der Waals surface area contributed by atoms with Crippen molar-refractivity contribution in [1.29, 1.82) is 0 Å². The molecule has 84 valence electrons. The van der Waals surface area contributed by atoms with Gasteiger partial charge in [0.05, 0.1) is 0 Å². The van der Waals surface area contributed by atoms with Crippen LogP contribution in [0.4, 0.5) is 0 Å². The van der Waals surface area contributed by atoms with Crippen LogP contribution in [-0.2, 0) is 6.42 Å². The number of rotatable bonds is 7. The fourth-order valence-electron chi connectivity index (χ4n) is 1.61. The largest absolute Gasteiger partial charge is 0.316 e. The summed E-state index contributed by atoms with van der Waals surface area (Å²) in [5, 5.41) is 3.48. The summed E-state index contributed by atoms with van der Waals surface area (Å²) >= 11 is 0. The zero-order valence-corrected chi connectivity index (χ0v) is 10.1. The molecule has 0 saturated heterocycles. The third kappa shape index (κ3) is 5.58. The van der Waals surface area contributed by atoms with E-state index in [1.807, 2.05) is 0 Å². The Hall–Kier alpha value is -0.820. The lowest BCUT2D eigenvalue weighted by atomic mass is 10.1. The number of aryl methyl sites for hydroxylation is 1. The third-order valence-electron chi connectivity index (χ3n) is 2.67. The van der Waals surface area contributed by atoms with Crippen LogP contribution in [0.3, 0.4) is 0 Å². The van der Waals surface area contributed by atoms with Crippen molar-refractivity contribution in [3.05, 3.63) is 35.4 Å². The highest BCUT2D eigenvalue weighted by Crippen LogP contribution is 2.03. The van der Waals surface area contributed by atoms with Gasteiger partial charge in [0, 0.05) is 0 Å². The van der Waals surface area contributed by atoms with Gasteiger partial charge in [-0.05, 0) is 38.4 Å². The van der Waals surface area contributed by atoms with E-state index in [0.29, 0.717) is 0 Å². The minimum atomic E-state index is 1.10. The monoisotopic (exact) mass is 205 g/mol. The van der Waals surface area contributed by atoms with Gasteiger partial charge in [-0.15, -0.1) is 0 Å². The molecule has 1 N–H and O–H groups in total. The summed E-state index contributed by atoms with van der Waals surface area (Å²) < 4.78 is 0. The molecule has 0 aromatic heterocycles. The summed E-state index contributed by atoms with van der Waals surface area (Å²) in [6, 6.07) is 8.82. The van der Waals surface area contributed by atoms with Crippen molar-refractivity contribution >= 4 is 0 Å². The molecule has 0 unspecified atom stereocenters. The molecule has 0 aliphatic carbocycles. The number of benzene rings is 1. The van der Waals surface area contributed by atoms with Crippen LogP contribution in [-0.4, -0.2) is 13.1 Å². The third-order valence-corrected chi connectivity index (χ3v) is 2.67. The Bertz CT molecular complexity index is 251. The molecule has 0 radical (unpaired) electrons. The molecule has 0 aliphatic heterocycles. The number of hydrogen-bond acceptors (Lipinski definition) is 1. The van der Waals surface area contributed by atoms with Crippen LogP contribution in [0.25, 0.3) is 0 Å². The molecule has 0 amide bonds. The van der Waals surface area contributed by atoms with E-state index in [-0.39, 0.29) is 0 Å². The molecule has 0 atom stereocenters. The van der Waals surface area contributed by atoms with Gasteiger partial charge in [0.1, 0.15) is 0 Å². The minimum absolute atomic E-state index is 1.10. The molecule has 0 saturated carbocycles. The fourth-order valence-corrected chi connectivity index (χ4v) is 1.61. The lowest BCUT2D eigenvalue weighted by Crippen LogP contribution is -2.18. The van der Waals surface area contributed by atoms with Crippen molar-refractivity contribution in [2.75, 3.05) is 13.1 Å². The van der Waals surface area contributed by atoms with Crippen LogP contribution in [0.15, 0.2) is 24.3 Å². The van der Waals surface area contributed by atoms with Crippen molar-refractivity contribution in [1.82, 2.24) is 5.32 Å². The molecule has 1 rings (SSSR count). The molecule has 0 aliphatic rings. The zero-order valence-electron chi connectivity index (χ0n) is 10.1. The second kappa shape index (κ2) is 7.47. The van der Waals surface area contributed by atoms with E-state index in [2.05, 4.69) is 43.4 Å². The van der Waals surface area contributed by atoms with Gasteiger partial charge in [-0.3, -0.25) is 0 Å². The molecule has 0 heterocycles. The first kappa shape index (κ1) is 12.3. The summed E-state index contributed by atoms with van der Waals surface area (Å²) in [6.45, 7) is 6.64. The molecule has 1 heteroatoms. The van der Waals surface area contributed by atoms with E-state index in [1.165, 1.54) is 36.9 Å². The predicted octanol–water partition coefficient (Wildman–Crippen LogP) is 3.32. The maximum Gasteiger partial charge on any atom is -0.000835 e. The average molecular weight is 205 g/mol. The summed E-state index contributed by atoms with van der Waals surface area (Å²) in [5.74, 6) is 0. The van der Waals surface area contributed by atoms with Gasteiger partial charge in [-0.25, -0.2) is 0 Å². The Kier molecular flexibility index (Phi) is 6.10. The zero-order chi connectivity index (χ0) is 10.9. The molecule has 1 aromatic rings. The van der Waals surface area contributed by atoms with Crippen LogP contribution in [0.1, 0.15) is 37.3 Å². The number of unbranched alkanes of at least 4 members (excludes halogenated alkanes) is 2. The highest BCUT2D eigenvalue weighted by atomic mass is 14.8. The first-order valence-corrected chi connectivity index (χ1v) is 6.09. The lowest BCUT2D eigenvalue weighted by Gasteiger charge is -2.04. The summed E-state index contributed by atoms with van der Waals surface area (Å²) in [4.78, 5) is 0. The quantitative estimate of drug-likeness (QED) is 0.673. The van der Waals surface area contributed by atoms with Gasteiger partial charge in [0.15, 0.2) is 0 Å². The van der Waals surface area contributed by atoms with Gasteiger partial charge in [-0.2, -0.15) is 0 Å². The van der Waals surface area contributed by atoms with E-state index in [1.54, 1.807) is 0 Å². The van der Waals surface area contributed by atoms with Crippen molar-refractivity contribution in [3.63, 3.8) is 0 Å². The molecular formula is C14H23N. The van der Waals surface area contributed by atoms with Crippen molar-refractivity contribution in [2.45, 2.75) is 39.5 Å². The van der Waals surface area contributed by atoms with Gasteiger partial charge in [-0.1, -0.05) is 49.6 Å². The van der Waals surface area contributed by atoms with Crippen molar-refractivity contribution < 1.29 is 0 Å². The normalized spacial score (nSPS) is 10.5. The maximum atomic E-state index is 3.48. The average Bonchev–Trinajstić information content (AvgIpc) is 2.26. The summed E-state index contributed by atoms with van der Waals surface area (Å²) in [5.41, 5.74) is 2.78. The van der Waals surface area contributed by atoms with Gasteiger partial charge in [0.2, 0.25) is 0 Å². The smallest absolute Gasteiger partial charge is 0.000835 e. The van der Waals surface area contributed by atoms with Crippen LogP contribution < -0.4 is 5.32 Å². The molecule has 1 nitrogen and oxygen atoms in total. The molecule has 1 aromatic carbocycles. The molecular weight excluding hydrogens is 182 g/mol. The van der Waals surface area contributed by atoms with E-state index >= 15 is 0 Å². The minimum Gasteiger partial charge on any atom is -0.316 e. The van der Waals surface area contributed by atoms with Crippen molar-refractivity contribution in [3.8, 4) is 0 Å². The Morgan fingerprint density at radius 3 is 2.40 bits per heavy atom. The predicted molar refractivity (Wildman–Crippen MR) is 67.3 cm³/mol.